The summed E-state index contributed by atoms with van der Waals surface area (Å²) in [5, 5.41) is 10.3. The zero-order chi connectivity index (χ0) is 17.9. The minimum absolute atomic E-state index is 0.0841. The maximum atomic E-state index is 6.06. The summed E-state index contributed by atoms with van der Waals surface area (Å²) in [7, 11) is 1.95. The second-order valence-corrected chi connectivity index (χ2v) is 7.31. The Bertz CT molecular complexity index is 982. The predicted octanol–water partition coefficient (Wildman–Crippen LogP) is 5.61. The van der Waals surface area contributed by atoms with Gasteiger partial charge in [0.1, 0.15) is 0 Å². The molecule has 0 saturated heterocycles. The number of hydrogen-bond acceptors (Lipinski definition) is 4. The van der Waals surface area contributed by atoms with E-state index >= 15 is 0 Å². The van der Waals surface area contributed by atoms with Crippen molar-refractivity contribution in [3.63, 3.8) is 0 Å². The van der Waals surface area contributed by atoms with Crippen molar-refractivity contribution in [3.05, 3.63) is 89.1 Å². The Kier molecular flexibility index (Phi) is 4.82. The highest BCUT2D eigenvalue weighted by atomic mass is 35.5. The van der Waals surface area contributed by atoms with E-state index < -0.39 is 0 Å². The second-order valence-electron chi connectivity index (χ2n) is 5.80. The highest BCUT2D eigenvalue weighted by molar-refractivity contribution is 7.99. The summed E-state index contributed by atoms with van der Waals surface area (Å²) in [6, 6.07) is 22.0. The molecule has 130 valence electrons. The van der Waals surface area contributed by atoms with Crippen molar-refractivity contribution in [2.45, 2.75) is 10.4 Å². The van der Waals surface area contributed by atoms with E-state index in [2.05, 4.69) is 34.5 Å². The topological polar surface area (TPSA) is 43.9 Å². The van der Waals surface area contributed by atoms with Gasteiger partial charge in [-0.05, 0) is 35.4 Å². The van der Waals surface area contributed by atoms with Crippen molar-refractivity contribution in [1.29, 1.82) is 0 Å². The molecule has 4 nitrogen and oxygen atoms in total. The van der Waals surface area contributed by atoms with E-state index in [1.807, 2.05) is 54.1 Å². The average molecular weight is 382 g/mol. The van der Waals surface area contributed by atoms with Crippen molar-refractivity contribution in [1.82, 2.24) is 14.8 Å². The summed E-state index contributed by atoms with van der Waals surface area (Å²) in [5.41, 5.74) is 2.36. The van der Waals surface area contributed by atoms with Crippen LogP contribution >= 0.6 is 23.4 Å². The monoisotopic (exact) mass is 381 g/mol. The molecule has 2 aromatic heterocycles. The third-order valence-corrected chi connectivity index (χ3v) is 5.67. The van der Waals surface area contributed by atoms with Crippen LogP contribution in [0.3, 0.4) is 0 Å². The minimum atomic E-state index is 0.0841. The molecule has 0 spiro atoms. The third-order valence-electron chi connectivity index (χ3n) is 4.07. The van der Waals surface area contributed by atoms with Gasteiger partial charge in [-0.15, -0.1) is 10.2 Å². The first-order valence-electron chi connectivity index (χ1n) is 8.13. The lowest BCUT2D eigenvalue weighted by Crippen LogP contribution is -2.00. The van der Waals surface area contributed by atoms with Crippen LogP contribution in [0.25, 0.3) is 11.6 Å². The molecular weight excluding hydrogens is 366 g/mol. The molecule has 4 aromatic rings. The number of nitrogens with zero attached hydrogens (tertiary/aromatic N) is 3. The Morgan fingerprint density at radius 3 is 2.35 bits per heavy atom. The first-order valence-corrected chi connectivity index (χ1v) is 9.38. The fourth-order valence-electron chi connectivity index (χ4n) is 2.74. The van der Waals surface area contributed by atoms with Crippen LogP contribution in [0.1, 0.15) is 16.4 Å². The summed E-state index contributed by atoms with van der Waals surface area (Å²) in [6.07, 6.45) is 1.64. The molecule has 0 saturated carbocycles. The van der Waals surface area contributed by atoms with Crippen molar-refractivity contribution >= 4 is 23.4 Å². The molecule has 0 amide bonds. The minimum Gasteiger partial charge on any atom is -0.461 e. The van der Waals surface area contributed by atoms with Crippen molar-refractivity contribution in [2.75, 3.05) is 0 Å². The molecule has 0 aliphatic heterocycles. The highest BCUT2D eigenvalue weighted by Crippen LogP contribution is 2.40. The Hall–Kier alpha value is -2.50. The van der Waals surface area contributed by atoms with E-state index in [-0.39, 0.29) is 5.25 Å². The van der Waals surface area contributed by atoms with Gasteiger partial charge in [0.25, 0.3) is 0 Å². The molecular formula is C20H16ClN3OS. The number of halogens is 1. The van der Waals surface area contributed by atoms with Gasteiger partial charge in [0.15, 0.2) is 16.7 Å². The quantitative estimate of drug-likeness (QED) is 0.421. The van der Waals surface area contributed by atoms with E-state index in [4.69, 9.17) is 16.0 Å². The van der Waals surface area contributed by atoms with Gasteiger partial charge in [0, 0.05) is 12.1 Å². The SMILES string of the molecule is Cn1c(S[C@@H](c2ccccc2)c2ccc(Cl)cc2)nnc1-c1ccco1. The molecule has 2 heterocycles. The molecule has 0 N–H and O–H groups in total. The molecule has 26 heavy (non-hydrogen) atoms. The van der Waals surface area contributed by atoms with Gasteiger partial charge in [-0.1, -0.05) is 65.8 Å². The molecule has 6 heteroatoms. The third kappa shape index (κ3) is 3.41. The van der Waals surface area contributed by atoms with Crippen LogP contribution in [0.2, 0.25) is 5.02 Å². The number of aromatic nitrogens is 3. The van der Waals surface area contributed by atoms with Gasteiger partial charge in [-0.3, -0.25) is 0 Å². The van der Waals surface area contributed by atoms with Crippen LogP contribution in [0.5, 0.6) is 0 Å². The Balaban J connectivity index is 1.71. The lowest BCUT2D eigenvalue weighted by Gasteiger charge is -2.17. The van der Waals surface area contributed by atoms with Crippen LogP contribution < -0.4 is 0 Å². The molecule has 0 bridgehead atoms. The summed E-state index contributed by atoms with van der Waals surface area (Å²) >= 11 is 7.71. The van der Waals surface area contributed by atoms with E-state index in [0.29, 0.717) is 11.6 Å². The fraction of sp³-hybridized carbons (Fsp3) is 0.100. The first-order chi connectivity index (χ1) is 12.7. The fourth-order valence-corrected chi connectivity index (χ4v) is 3.99. The van der Waals surface area contributed by atoms with E-state index in [1.165, 1.54) is 5.56 Å². The van der Waals surface area contributed by atoms with Gasteiger partial charge in [-0.25, -0.2) is 0 Å². The van der Waals surface area contributed by atoms with Crippen molar-refractivity contribution in [2.24, 2.45) is 7.05 Å². The number of benzene rings is 2. The van der Waals surface area contributed by atoms with Gasteiger partial charge >= 0.3 is 0 Å². The summed E-state index contributed by atoms with van der Waals surface area (Å²) < 4.78 is 7.41. The van der Waals surface area contributed by atoms with Gasteiger partial charge in [-0.2, -0.15) is 0 Å². The average Bonchev–Trinajstić information content (AvgIpc) is 3.31. The molecule has 0 radical (unpaired) electrons. The molecule has 0 fully saturated rings. The highest BCUT2D eigenvalue weighted by Gasteiger charge is 2.21. The van der Waals surface area contributed by atoms with Crippen LogP contribution in [-0.2, 0) is 7.05 Å². The maximum absolute atomic E-state index is 6.06. The van der Waals surface area contributed by atoms with Crippen LogP contribution in [0.4, 0.5) is 0 Å². The lowest BCUT2D eigenvalue weighted by atomic mass is 10.0. The zero-order valence-electron chi connectivity index (χ0n) is 14.0. The largest absolute Gasteiger partial charge is 0.461 e. The predicted molar refractivity (Wildman–Crippen MR) is 104 cm³/mol. The Morgan fingerprint density at radius 1 is 0.923 bits per heavy atom. The van der Waals surface area contributed by atoms with Crippen LogP contribution in [0, 0.1) is 0 Å². The normalized spacial score (nSPS) is 12.2. The molecule has 1 atom stereocenters. The van der Waals surface area contributed by atoms with Crippen molar-refractivity contribution in [3.8, 4) is 11.6 Å². The lowest BCUT2D eigenvalue weighted by molar-refractivity contribution is 0.572. The number of hydrogen-bond donors (Lipinski definition) is 0. The Morgan fingerprint density at radius 2 is 1.65 bits per heavy atom. The molecule has 0 unspecified atom stereocenters. The van der Waals surface area contributed by atoms with Gasteiger partial charge in [0.2, 0.25) is 0 Å². The molecule has 0 aliphatic carbocycles. The van der Waals surface area contributed by atoms with Crippen LogP contribution in [0.15, 0.2) is 82.6 Å². The number of rotatable bonds is 5. The molecule has 4 rings (SSSR count). The van der Waals surface area contributed by atoms with Gasteiger partial charge in [0.05, 0.1) is 11.5 Å². The summed E-state index contributed by atoms with van der Waals surface area (Å²) in [6.45, 7) is 0. The van der Waals surface area contributed by atoms with Gasteiger partial charge < -0.3 is 8.98 Å². The maximum Gasteiger partial charge on any atom is 0.200 e. The number of thioether (sulfide) groups is 1. The molecule has 2 aromatic carbocycles. The van der Waals surface area contributed by atoms with Crippen molar-refractivity contribution < 1.29 is 4.42 Å². The van der Waals surface area contributed by atoms with E-state index in [0.717, 1.165) is 15.7 Å². The molecule has 0 aliphatic rings. The van der Waals surface area contributed by atoms with Crippen LogP contribution in [-0.4, -0.2) is 14.8 Å². The Labute approximate surface area is 160 Å². The zero-order valence-corrected chi connectivity index (χ0v) is 15.6. The van der Waals surface area contributed by atoms with E-state index in [1.54, 1.807) is 18.0 Å². The smallest absolute Gasteiger partial charge is 0.200 e. The summed E-state index contributed by atoms with van der Waals surface area (Å²) in [5.74, 6) is 1.41. The standard InChI is InChI=1S/C20H16ClN3OS/c1-24-19(17-8-5-13-25-17)22-23-20(24)26-18(14-6-3-2-4-7-14)15-9-11-16(21)12-10-15/h2-13,18H,1H3/t18-/m0/s1. The first kappa shape index (κ1) is 16.9. The number of furan rings is 1. The second kappa shape index (κ2) is 7.40. The summed E-state index contributed by atoms with van der Waals surface area (Å²) in [4.78, 5) is 0. The van der Waals surface area contributed by atoms with E-state index in [9.17, 15) is 0 Å².